The van der Waals surface area contributed by atoms with Crippen molar-refractivity contribution in [2.24, 2.45) is 0 Å². The van der Waals surface area contributed by atoms with E-state index in [1.165, 1.54) is 25.3 Å². The van der Waals surface area contributed by atoms with Crippen molar-refractivity contribution in [3.05, 3.63) is 64.2 Å². The second-order valence-electron chi connectivity index (χ2n) is 5.92. The van der Waals surface area contributed by atoms with E-state index in [-0.39, 0.29) is 28.8 Å². The van der Waals surface area contributed by atoms with Crippen molar-refractivity contribution in [1.29, 1.82) is 0 Å². The maximum Gasteiger partial charge on any atom is 0.409 e. The summed E-state index contributed by atoms with van der Waals surface area (Å²) in [5.41, 5.74) is 0.544. The molecule has 166 valence electrons. The van der Waals surface area contributed by atoms with Crippen LogP contribution in [0.25, 0.3) is 0 Å². The Morgan fingerprint density at radius 1 is 1.19 bits per heavy atom. The van der Waals surface area contributed by atoms with Crippen LogP contribution in [0.2, 0.25) is 0 Å². The summed E-state index contributed by atoms with van der Waals surface area (Å²) in [5.74, 6) is 0.290. The number of nitro benzene ring substituents is 1. The lowest BCUT2D eigenvalue weighted by Gasteiger charge is -2.27. The third-order valence-electron chi connectivity index (χ3n) is 3.73. The summed E-state index contributed by atoms with van der Waals surface area (Å²) in [4.78, 5) is 22.8. The number of carbonyl (C=O) groups is 1. The number of anilines is 1. The van der Waals surface area contributed by atoms with Gasteiger partial charge in [0.2, 0.25) is 3.79 Å². The van der Waals surface area contributed by atoms with Gasteiger partial charge in [0.15, 0.2) is 11.3 Å². The first-order valence-electron chi connectivity index (χ1n) is 8.54. The van der Waals surface area contributed by atoms with Crippen LogP contribution in [0.15, 0.2) is 48.5 Å². The van der Waals surface area contributed by atoms with Crippen LogP contribution in [-0.2, 0) is 11.3 Å². The number of nitrogens with one attached hydrogen (secondary N) is 3. The monoisotopic (exact) mass is 506 g/mol. The molecular formula is C18H17Cl3N4O5S. The third-order valence-corrected chi connectivity index (χ3v) is 4.60. The zero-order valence-corrected chi connectivity index (χ0v) is 19.0. The van der Waals surface area contributed by atoms with Crippen molar-refractivity contribution in [3.63, 3.8) is 0 Å². The van der Waals surface area contributed by atoms with Gasteiger partial charge in [-0.3, -0.25) is 15.4 Å². The molecule has 1 atom stereocenters. The highest BCUT2D eigenvalue weighted by atomic mass is 35.6. The lowest BCUT2D eigenvalue weighted by atomic mass is 10.2. The predicted octanol–water partition coefficient (Wildman–Crippen LogP) is 4.51. The molecule has 2 aromatic carbocycles. The van der Waals surface area contributed by atoms with Crippen LogP contribution in [0.4, 0.5) is 16.2 Å². The fourth-order valence-electron chi connectivity index (χ4n) is 2.27. The number of hydrogen-bond acceptors (Lipinski definition) is 6. The van der Waals surface area contributed by atoms with E-state index in [1.807, 2.05) is 6.07 Å². The number of thiocarbonyl (C=S) groups is 1. The second kappa shape index (κ2) is 11.2. The second-order valence-corrected chi connectivity index (χ2v) is 8.70. The van der Waals surface area contributed by atoms with Gasteiger partial charge in [-0.25, -0.2) is 4.79 Å². The lowest BCUT2D eigenvalue weighted by Crippen LogP contribution is -2.56. The first kappa shape index (κ1) is 24.7. The zero-order chi connectivity index (χ0) is 23.0. The van der Waals surface area contributed by atoms with E-state index in [1.54, 1.807) is 24.3 Å². The Morgan fingerprint density at radius 3 is 2.45 bits per heavy atom. The van der Waals surface area contributed by atoms with Crippen molar-refractivity contribution in [3.8, 4) is 5.75 Å². The number of alkyl halides is 3. The molecule has 9 nitrogen and oxygen atoms in total. The Hall–Kier alpha value is -2.53. The van der Waals surface area contributed by atoms with Crippen molar-refractivity contribution >= 4 is 69.6 Å². The quantitative estimate of drug-likeness (QED) is 0.165. The van der Waals surface area contributed by atoms with Gasteiger partial charge in [-0.05, 0) is 29.9 Å². The molecule has 0 aliphatic heterocycles. The van der Waals surface area contributed by atoms with Crippen LogP contribution >= 0.6 is 47.0 Å². The largest absolute Gasteiger partial charge is 0.496 e. The highest BCUT2D eigenvalue weighted by molar-refractivity contribution is 7.80. The number of ether oxygens (including phenoxy) is 2. The van der Waals surface area contributed by atoms with Crippen molar-refractivity contribution in [1.82, 2.24) is 10.6 Å². The standard InChI is InChI=1S/C18H17Cl3N4O5S/c1-29-12-7-8-13(14(9-12)25(27)28)22-16(31)23-15(18(19,20)21)24-17(26)30-10-11-5-3-2-4-6-11/h2-9,15H,10H2,1H3,(H,24,26)(H2,22,23,31). The minimum absolute atomic E-state index is 0.0000100. The van der Waals surface area contributed by atoms with Crippen molar-refractivity contribution < 1.29 is 19.2 Å². The van der Waals surface area contributed by atoms with Gasteiger partial charge in [-0.1, -0.05) is 65.1 Å². The molecule has 0 aromatic heterocycles. The van der Waals surface area contributed by atoms with Gasteiger partial charge in [0.1, 0.15) is 18.0 Å². The molecule has 0 aliphatic carbocycles. The van der Waals surface area contributed by atoms with E-state index < -0.39 is 21.0 Å². The first-order chi connectivity index (χ1) is 14.6. The fraction of sp³-hybridized carbons (Fsp3) is 0.222. The van der Waals surface area contributed by atoms with Gasteiger partial charge >= 0.3 is 6.09 Å². The van der Waals surface area contributed by atoms with Gasteiger partial charge in [0.25, 0.3) is 5.69 Å². The van der Waals surface area contributed by atoms with Crippen LogP contribution in [0.1, 0.15) is 5.56 Å². The number of halogens is 3. The van der Waals surface area contributed by atoms with Gasteiger partial charge in [-0.2, -0.15) is 0 Å². The summed E-state index contributed by atoms with van der Waals surface area (Å²) in [7, 11) is 1.38. The number of methoxy groups -OCH3 is 1. The van der Waals surface area contributed by atoms with Crippen LogP contribution < -0.4 is 20.7 Å². The maximum absolute atomic E-state index is 12.1. The fourth-order valence-corrected chi connectivity index (χ4v) is 2.82. The number of carbonyl (C=O) groups excluding carboxylic acids is 1. The van der Waals surface area contributed by atoms with Crippen LogP contribution in [-0.4, -0.2) is 33.2 Å². The molecule has 0 spiro atoms. The molecule has 0 saturated carbocycles. The van der Waals surface area contributed by atoms with E-state index >= 15 is 0 Å². The zero-order valence-electron chi connectivity index (χ0n) is 15.9. The minimum atomic E-state index is -2.02. The molecule has 0 bridgehead atoms. The van der Waals surface area contributed by atoms with Gasteiger partial charge < -0.3 is 20.1 Å². The Bertz CT molecular complexity index is 944. The minimum Gasteiger partial charge on any atom is -0.496 e. The van der Waals surface area contributed by atoms with Crippen molar-refractivity contribution in [2.75, 3.05) is 12.4 Å². The average molecular weight is 508 g/mol. The summed E-state index contributed by atoms with van der Waals surface area (Å²) in [5, 5.41) is 18.7. The Morgan fingerprint density at radius 2 is 1.87 bits per heavy atom. The van der Waals surface area contributed by atoms with E-state index in [0.29, 0.717) is 0 Å². The molecule has 0 radical (unpaired) electrons. The smallest absolute Gasteiger partial charge is 0.409 e. The lowest BCUT2D eigenvalue weighted by molar-refractivity contribution is -0.384. The van der Waals surface area contributed by atoms with E-state index in [2.05, 4.69) is 16.0 Å². The number of hydrogen-bond donors (Lipinski definition) is 3. The molecule has 2 aromatic rings. The number of nitro groups is 1. The van der Waals surface area contributed by atoms with Crippen LogP contribution in [0.5, 0.6) is 5.75 Å². The van der Waals surface area contributed by atoms with Crippen LogP contribution in [0.3, 0.4) is 0 Å². The molecule has 13 heteroatoms. The summed E-state index contributed by atoms with van der Waals surface area (Å²) in [6.07, 6.45) is -2.18. The first-order valence-corrected chi connectivity index (χ1v) is 10.1. The molecule has 0 aliphatic rings. The third kappa shape index (κ3) is 7.91. The normalized spacial score (nSPS) is 11.7. The van der Waals surface area contributed by atoms with Crippen molar-refractivity contribution in [2.45, 2.75) is 16.6 Å². The molecule has 2 rings (SSSR count). The number of alkyl carbamates (subject to hydrolysis) is 1. The van der Waals surface area contributed by atoms with Gasteiger partial charge in [0, 0.05) is 0 Å². The number of amides is 1. The molecule has 1 unspecified atom stereocenters. The number of rotatable bonds is 7. The predicted molar refractivity (Wildman–Crippen MR) is 123 cm³/mol. The highest BCUT2D eigenvalue weighted by Crippen LogP contribution is 2.31. The molecular weight excluding hydrogens is 491 g/mol. The Balaban J connectivity index is 2.03. The summed E-state index contributed by atoms with van der Waals surface area (Å²) >= 11 is 22.9. The average Bonchev–Trinajstić information content (AvgIpc) is 2.72. The van der Waals surface area contributed by atoms with E-state index in [9.17, 15) is 14.9 Å². The molecule has 0 fully saturated rings. The molecule has 0 saturated heterocycles. The molecule has 3 N–H and O–H groups in total. The maximum atomic E-state index is 12.1. The van der Waals surface area contributed by atoms with Gasteiger partial charge in [0.05, 0.1) is 18.1 Å². The van der Waals surface area contributed by atoms with Crippen LogP contribution in [0, 0.1) is 10.1 Å². The summed E-state index contributed by atoms with van der Waals surface area (Å²) in [6.45, 7) is -0.0000100. The molecule has 0 heterocycles. The summed E-state index contributed by atoms with van der Waals surface area (Å²) in [6, 6.07) is 13.1. The van der Waals surface area contributed by atoms with Gasteiger partial charge in [-0.15, -0.1) is 0 Å². The number of benzene rings is 2. The van der Waals surface area contributed by atoms with E-state index in [4.69, 9.17) is 56.5 Å². The van der Waals surface area contributed by atoms with E-state index in [0.717, 1.165) is 5.56 Å². The SMILES string of the molecule is COc1ccc(NC(=S)NC(NC(=O)OCc2ccccc2)C(Cl)(Cl)Cl)c([N+](=O)[O-])c1. The topological polar surface area (TPSA) is 115 Å². The molecule has 31 heavy (non-hydrogen) atoms. The Kier molecular flexibility index (Phi) is 8.93. The highest BCUT2D eigenvalue weighted by Gasteiger charge is 2.35. The molecule has 1 amide bonds. The summed E-state index contributed by atoms with van der Waals surface area (Å²) < 4.78 is 8.05. The Labute approximate surface area is 198 Å². The number of nitrogens with zero attached hydrogens (tertiary/aromatic N) is 1.